The summed E-state index contributed by atoms with van der Waals surface area (Å²) in [5.41, 5.74) is 8.51. The maximum absolute atomic E-state index is 5.59. The number of nitrogens with zero attached hydrogens (tertiary/aromatic N) is 2. The minimum Gasteiger partial charge on any atom is -0.441 e. The predicted octanol–water partition coefficient (Wildman–Crippen LogP) is 2.17. The Kier molecular flexibility index (Phi) is 3.15. The van der Waals surface area contributed by atoms with E-state index in [1.165, 1.54) is 0 Å². The number of aryl methyl sites for hydroxylation is 1. The van der Waals surface area contributed by atoms with E-state index < -0.39 is 0 Å². The second kappa shape index (κ2) is 4.59. The van der Waals surface area contributed by atoms with E-state index in [2.05, 4.69) is 9.88 Å². The molecule has 4 heteroatoms. The van der Waals surface area contributed by atoms with E-state index in [-0.39, 0.29) is 0 Å². The van der Waals surface area contributed by atoms with Gasteiger partial charge in [0.15, 0.2) is 0 Å². The summed E-state index contributed by atoms with van der Waals surface area (Å²) in [6.45, 7) is 2.29. The molecule has 0 spiro atoms. The zero-order valence-corrected chi connectivity index (χ0v) is 10.4. The summed E-state index contributed by atoms with van der Waals surface area (Å²) >= 11 is 0. The third kappa shape index (κ3) is 2.31. The SMILES string of the molecule is Cc1oc(-c2ccc(N(C)C)cc2)nc1CN. The Morgan fingerprint density at radius 1 is 1.24 bits per heavy atom. The van der Waals surface area contributed by atoms with Gasteiger partial charge in [-0.2, -0.15) is 0 Å². The molecule has 0 aliphatic heterocycles. The van der Waals surface area contributed by atoms with Crippen LogP contribution in [-0.4, -0.2) is 19.1 Å². The zero-order valence-electron chi connectivity index (χ0n) is 10.4. The standard InChI is InChI=1S/C13H17N3O/c1-9-12(8-14)15-13(17-9)10-4-6-11(7-5-10)16(2)3/h4-7H,8,14H2,1-3H3. The van der Waals surface area contributed by atoms with Crippen LogP contribution in [0.25, 0.3) is 11.5 Å². The van der Waals surface area contributed by atoms with E-state index in [1.807, 2.05) is 45.3 Å². The summed E-state index contributed by atoms with van der Waals surface area (Å²) in [5.74, 6) is 1.42. The van der Waals surface area contributed by atoms with Gasteiger partial charge in [0.25, 0.3) is 0 Å². The Labute approximate surface area is 101 Å². The minimum atomic E-state index is 0.408. The van der Waals surface area contributed by atoms with Crippen molar-refractivity contribution in [1.82, 2.24) is 4.98 Å². The summed E-state index contributed by atoms with van der Waals surface area (Å²) in [6.07, 6.45) is 0. The van der Waals surface area contributed by atoms with Crippen LogP contribution in [0, 0.1) is 6.92 Å². The lowest BCUT2D eigenvalue weighted by Gasteiger charge is -2.11. The second-order valence-corrected chi connectivity index (χ2v) is 4.17. The normalized spacial score (nSPS) is 10.6. The van der Waals surface area contributed by atoms with Gasteiger partial charge in [0.2, 0.25) is 5.89 Å². The highest BCUT2D eigenvalue weighted by molar-refractivity contribution is 5.59. The fourth-order valence-electron chi connectivity index (χ4n) is 1.64. The summed E-state index contributed by atoms with van der Waals surface area (Å²) < 4.78 is 5.59. The van der Waals surface area contributed by atoms with Gasteiger partial charge in [-0.05, 0) is 31.2 Å². The molecule has 1 aromatic heterocycles. The van der Waals surface area contributed by atoms with E-state index in [0.717, 1.165) is 22.7 Å². The van der Waals surface area contributed by atoms with E-state index in [1.54, 1.807) is 0 Å². The molecule has 0 amide bonds. The average molecular weight is 231 g/mol. The molecule has 0 atom stereocenters. The Bertz CT molecular complexity index is 500. The molecule has 17 heavy (non-hydrogen) atoms. The number of anilines is 1. The molecular formula is C13H17N3O. The summed E-state index contributed by atoms with van der Waals surface area (Å²) in [6, 6.07) is 8.08. The number of oxazole rings is 1. The van der Waals surface area contributed by atoms with Crippen LogP contribution in [0.15, 0.2) is 28.7 Å². The molecule has 2 rings (SSSR count). The topological polar surface area (TPSA) is 55.3 Å². The molecule has 4 nitrogen and oxygen atoms in total. The van der Waals surface area contributed by atoms with Gasteiger partial charge in [0, 0.05) is 31.9 Å². The van der Waals surface area contributed by atoms with Crippen LogP contribution in [0.5, 0.6) is 0 Å². The maximum Gasteiger partial charge on any atom is 0.226 e. The first-order valence-corrected chi connectivity index (χ1v) is 5.56. The third-order valence-electron chi connectivity index (χ3n) is 2.72. The fraction of sp³-hybridized carbons (Fsp3) is 0.308. The van der Waals surface area contributed by atoms with Crippen LogP contribution < -0.4 is 10.6 Å². The summed E-state index contributed by atoms with van der Waals surface area (Å²) in [5, 5.41) is 0. The van der Waals surface area contributed by atoms with Crippen molar-refractivity contribution in [2.24, 2.45) is 5.73 Å². The van der Waals surface area contributed by atoms with Gasteiger partial charge < -0.3 is 15.1 Å². The molecule has 0 saturated carbocycles. The molecule has 90 valence electrons. The van der Waals surface area contributed by atoms with Crippen molar-refractivity contribution in [3.8, 4) is 11.5 Å². The monoisotopic (exact) mass is 231 g/mol. The van der Waals surface area contributed by atoms with Crippen molar-refractivity contribution in [3.05, 3.63) is 35.7 Å². The quantitative estimate of drug-likeness (QED) is 0.879. The maximum atomic E-state index is 5.59. The summed E-state index contributed by atoms with van der Waals surface area (Å²) in [4.78, 5) is 6.42. The van der Waals surface area contributed by atoms with Gasteiger partial charge >= 0.3 is 0 Å². The second-order valence-electron chi connectivity index (χ2n) is 4.17. The number of hydrogen-bond donors (Lipinski definition) is 1. The van der Waals surface area contributed by atoms with Gasteiger partial charge in [-0.3, -0.25) is 0 Å². The third-order valence-corrected chi connectivity index (χ3v) is 2.72. The van der Waals surface area contributed by atoms with E-state index in [4.69, 9.17) is 10.2 Å². The highest BCUT2D eigenvalue weighted by atomic mass is 16.4. The van der Waals surface area contributed by atoms with Gasteiger partial charge in [0.05, 0.1) is 5.69 Å². The van der Waals surface area contributed by atoms with Crippen molar-refractivity contribution in [2.75, 3.05) is 19.0 Å². The summed E-state index contributed by atoms with van der Waals surface area (Å²) in [7, 11) is 4.02. The Balaban J connectivity index is 2.33. The molecule has 0 saturated heterocycles. The van der Waals surface area contributed by atoms with E-state index in [0.29, 0.717) is 12.4 Å². The van der Waals surface area contributed by atoms with Crippen LogP contribution >= 0.6 is 0 Å². The molecule has 0 fully saturated rings. The van der Waals surface area contributed by atoms with E-state index >= 15 is 0 Å². The van der Waals surface area contributed by atoms with Crippen molar-refractivity contribution in [1.29, 1.82) is 0 Å². The highest BCUT2D eigenvalue weighted by Gasteiger charge is 2.09. The molecule has 0 aliphatic rings. The highest BCUT2D eigenvalue weighted by Crippen LogP contribution is 2.23. The smallest absolute Gasteiger partial charge is 0.226 e. The Morgan fingerprint density at radius 3 is 2.35 bits per heavy atom. The van der Waals surface area contributed by atoms with Gasteiger partial charge in [-0.1, -0.05) is 0 Å². The van der Waals surface area contributed by atoms with Crippen LogP contribution in [0.2, 0.25) is 0 Å². The number of benzene rings is 1. The fourth-order valence-corrected chi connectivity index (χ4v) is 1.64. The average Bonchev–Trinajstić information content (AvgIpc) is 2.70. The molecule has 2 N–H and O–H groups in total. The molecule has 0 unspecified atom stereocenters. The van der Waals surface area contributed by atoms with Gasteiger partial charge in [-0.15, -0.1) is 0 Å². The molecule has 2 aromatic rings. The first-order valence-electron chi connectivity index (χ1n) is 5.56. The minimum absolute atomic E-state index is 0.408. The van der Waals surface area contributed by atoms with Crippen molar-refractivity contribution >= 4 is 5.69 Å². The largest absolute Gasteiger partial charge is 0.441 e. The zero-order chi connectivity index (χ0) is 12.4. The van der Waals surface area contributed by atoms with Gasteiger partial charge in [0.1, 0.15) is 5.76 Å². The predicted molar refractivity (Wildman–Crippen MR) is 68.9 cm³/mol. The first-order chi connectivity index (χ1) is 8.11. The molecule has 1 aromatic carbocycles. The molecule has 0 bridgehead atoms. The molecule has 0 radical (unpaired) electrons. The lowest BCUT2D eigenvalue weighted by Crippen LogP contribution is -2.07. The first kappa shape index (κ1) is 11.7. The molecule has 0 aliphatic carbocycles. The van der Waals surface area contributed by atoms with Gasteiger partial charge in [-0.25, -0.2) is 4.98 Å². The van der Waals surface area contributed by atoms with E-state index in [9.17, 15) is 0 Å². The van der Waals surface area contributed by atoms with Crippen LogP contribution in [0.4, 0.5) is 5.69 Å². The van der Waals surface area contributed by atoms with Crippen LogP contribution in [0.3, 0.4) is 0 Å². The van der Waals surface area contributed by atoms with Crippen LogP contribution in [-0.2, 0) is 6.54 Å². The van der Waals surface area contributed by atoms with Crippen molar-refractivity contribution in [2.45, 2.75) is 13.5 Å². The number of aromatic nitrogens is 1. The van der Waals surface area contributed by atoms with Crippen molar-refractivity contribution in [3.63, 3.8) is 0 Å². The molecule has 1 heterocycles. The Morgan fingerprint density at radius 2 is 1.88 bits per heavy atom. The van der Waals surface area contributed by atoms with Crippen molar-refractivity contribution < 1.29 is 4.42 Å². The number of rotatable bonds is 3. The number of hydrogen-bond acceptors (Lipinski definition) is 4. The lowest BCUT2D eigenvalue weighted by atomic mass is 10.2. The van der Waals surface area contributed by atoms with Crippen LogP contribution in [0.1, 0.15) is 11.5 Å². The Hall–Kier alpha value is -1.81. The molecular weight excluding hydrogens is 214 g/mol. The number of nitrogens with two attached hydrogens (primary N) is 1. The lowest BCUT2D eigenvalue weighted by molar-refractivity contribution is 0.539.